The van der Waals surface area contributed by atoms with Gasteiger partial charge in [-0.15, -0.1) is 0 Å². The van der Waals surface area contributed by atoms with Crippen molar-refractivity contribution in [3.63, 3.8) is 0 Å². The van der Waals surface area contributed by atoms with Gasteiger partial charge in [0.05, 0.1) is 18.1 Å². The maximum Gasteiger partial charge on any atom is 0.212 e. The Labute approximate surface area is 147 Å². The van der Waals surface area contributed by atoms with Crippen LogP contribution in [0.4, 0.5) is 5.82 Å². The number of ether oxygens (including phenoxy) is 1. The number of anilines is 1. The number of methoxy groups -OCH3 is 1. The van der Waals surface area contributed by atoms with Gasteiger partial charge in [-0.25, -0.2) is 9.97 Å². The highest BCUT2D eigenvalue weighted by atomic mass is 16.5. The van der Waals surface area contributed by atoms with Gasteiger partial charge in [-0.1, -0.05) is 0 Å². The first-order chi connectivity index (χ1) is 12.7. The monoisotopic (exact) mass is 348 g/mol. The van der Waals surface area contributed by atoms with Crippen molar-refractivity contribution in [1.29, 1.82) is 0 Å². The smallest absolute Gasteiger partial charge is 0.212 e. The van der Waals surface area contributed by atoms with Crippen LogP contribution in [-0.2, 0) is 0 Å². The van der Waals surface area contributed by atoms with E-state index in [1.165, 1.54) is 0 Å². The Bertz CT molecular complexity index is 1280. The number of rotatable bonds is 3. The van der Waals surface area contributed by atoms with Gasteiger partial charge in [-0.05, 0) is 18.2 Å². The molecule has 0 radical (unpaired) electrons. The molecule has 0 saturated carbocycles. The first-order valence-corrected chi connectivity index (χ1v) is 8.12. The van der Waals surface area contributed by atoms with Crippen LogP contribution in [-0.4, -0.2) is 43.0 Å². The van der Waals surface area contributed by atoms with E-state index in [9.17, 15) is 5.11 Å². The Balaban J connectivity index is 1.75. The third-order valence-electron chi connectivity index (χ3n) is 4.51. The number of nitrogens with one attached hydrogen (secondary N) is 2. The lowest BCUT2D eigenvalue weighted by atomic mass is 10.3. The normalized spacial score (nSPS) is 11.6. The van der Waals surface area contributed by atoms with Crippen LogP contribution >= 0.6 is 0 Å². The Kier molecular flexibility index (Phi) is 2.90. The molecule has 0 fully saturated rings. The number of imidazole rings is 3. The molecule has 0 saturated heterocycles. The van der Waals surface area contributed by atoms with E-state index in [1.54, 1.807) is 25.4 Å². The molecule has 5 rings (SSSR count). The standard InChI is InChI=1S/C18H16N6O2/c1-19-17-16(22-15-7-10(25)5-6-23(15)17)13-9-24-14-8-11(26-2)3-4-12(14)20-18(24)21-13/h3-9,19,25H,1-2H3,(H,20,21). The molecule has 0 spiro atoms. The molecule has 4 aromatic heterocycles. The molecule has 1 aromatic carbocycles. The van der Waals surface area contributed by atoms with Crippen molar-refractivity contribution in [1.82, 2.24) is 23.8 Å². The van der Waals surface area contributed by atoms with Crippen molar-refractivity contribution >= 4 is 28.3 Å². The quantitative estimate of drug-likeness (QED) is 0.466. The van der Waals surface area contributed by atoms with Crippen LogP contribution in [0, 0.1) is 0 Å². The summed E-state index contributed by atoms with van der Waals surface area (Å²) in [6.07, 6.45) is 3.71. The second kappa shape index (κ2) is 5.16. The lowest BCUT2D eigenvalue weighted by Crippen LogP contribution is -1.95. The molecule has 0 aliphatic rings. The fraction of sp³-hybridized carbons (Fsp3) is 0.111. The van der Waals surface area contributed by atoms with E-state index in [1.807, 2.05) is 40.2 Å². The Hall–Kier alpha value is -3.68. The number of aromatic nitrogens is 5. The zero-order chi connectivity index (χ0) is 17.8. The number of aromatic hydroxyl groups is 1. The number of nitrogens with zero attached hydrogens (tertiary/aromatic N) is 4. The van der Waals surface area contributed by atoms with Gasteiger partial charge in [0.25, 0.3) is 0 Å². The molecule has 5 aromatic rings. The largest absolute Gasteiger partial charge is 0.508 e. The second-order valence-electron chi connectivity index (χ2n) is 6.00. The number of hydrogen-bond donors (Lipinski definition) is 3. The molecule has 0 aliphatic heterocycles. The average Bonchev–Trinajstić information content (AvgIpc) is 3.30. The van der Waals surface area contributed by atoms with E-state index in [0.717, 1.165) is 34.1 Å². The summed E-state index contributed by atoms with van der Waals surface area (Å²) in [6, 6.07) is 9.08. The Morgan fingerprint density at radius 2 is 2.04 bits per heavy atom. The first kappa shape index (κ1) is 14.6. The highest BCUT2D eigenvalue weighted by Gasteiger charge is 2.18. The van der Waals surface area contributed by atoms with Crippen LogP contribution in [0.5, 0.6) is 11.5 Å². The summed E-state index contributed by atoms with van der Waals surface area (Å²) in [5.41, 5.74) is 4.05. The highest BCUT2D eigenvalue weighted by Crippen LogP contribution is 2.31. The van der Waals surface area contributed by atoms with Gasteiger partial charge < -0.3 is 20.1 Å². The molecule has 4 heterocycles. The van der Waals surface area contributed by atoms with Crippen molar-refractivity contribution in [3.8, 4) is 22.9 Å². The van der Waals surface area contributed by atoms with E-state index in [4.69, 9.17) is 9.72 Å². The molecule has 26 heavy (non-hydrogen) atoms. The zero-order valence-electron chi connectivity index (χ0n) is 14.2. The number of pyridine rings is 1. The zero-order valence-corrected chi connectivity index (χ0v) is 14.2. The lowest BCUT2D eigenvalue weighted by Gasteiger charge is -2.02. The fourth-order valence-corrected chi connectivity index (χ4v) is 3.28. The molecule has 8 nitrogen and oxygen atoms in total. The predicted molar refractivity (Wildman–Crippen MR) is 99.0 cm³/mol. The molecule has 130 valence electrons. The molecule has 0 bridgehead atoms. The van der Waals surface area contributed by atoms with Gasteiger partial charge >= 0.3 is 0 Å². The Morgan fingerprint density at radius 1 is 1.15 bits per heavy atom. The van der Waals surface area contributed by atoms with Gasteiger partial charge in [0, 0.05) is 31.6 Å². The van der Waals surface area contributed by atoms with Gasteiger partial charge in [0.2, 0.25) is 5.78 Å². The lowest BCUT2D eigenvalue weighted by molar-refractivity contribution is 0.415. The summed E-state index contributed by atoms with van der Waals surface area (Å²) in [5.74, 6) is 2.49. The number of benzene rings is 1. The van der Waals surface area contributed by atoms with Crippen LogP contribution in [0.1, 0.15) is 0 Å². The van der Waals surface area contributed by atoms with Crippen LogP contribution in [0.2, 0.25) is 0 Å². The van der Waals surface area contributed by atoms with Gasteiger partial charge in [-0.3, -0.25) is 8.80 Å². The van der Waals surface area contributed by atoms with Gasteiger partial charge in [-0.2, -0.15) is 0 Å². The molecular weight excluding hydrogens is 332 g/mol. The molecule has 3 N–H and O–H groups in total. The molecular formula is C18H16N6O2. The molecule has 0 aliphatic carbocycles. The predicted octanol–water partition coefficient (Wildman–Crippen LogP) is 2.89. The number of fused-ring (bicyclic) bond motifs is 4. The number of H-pyrrole nitrogens is 1. The molecule has 0 amide bonds. The van der Waals surface area contributed by atoms with Crippen molar-refractivity contribution < 1.29 is 9.84 Å². The summed E-state index contributed by atoms with van der Waals surface area (Å²) in [4.78, 5) is 12.6. The second-order valence-corrected chi connectivity index (χ2v) is 6.00. The van der Waals surface area contributed by atoms with Crippen LogP contribution in [0.25, 0.3) is 33.8 Å². The van der Waals surface area contributed by atoms with E-state index in [2.05, 4.69) is 15.3 Å². The van der Waals surface area contributed by atoms with Crippen LogP contribution in [0.3, 0.4) is 0 Å². The SMILES string of the molecule is CNc1c(-c2cn3c(n2)[nH]c2ccc(OC)cc23)nc2cc(O)ccn12. The maximum atomic E-state index is 9.71. The Morgan fingerprint density at radius 3 is 2.85 bits per heavy atom. The third kappa shape index (κ3) is 1.95. The minimum absolute atomic E-state index is 0.173. The summed E-state index contributed by atoms with van der Waals surface area (Å²) >= 11 is 0. The van der Waals surface area contributed by atoms with E-state index in [-0.39, 0.29) is 5.75 Å². The van der Waals surface area contributed by atoms with Crippen molar-refractivity contribution in [2.45, 2.75) is 0 Å². The average molecular weight is 348 g/mol. The molecule has 0 unspecified atom stereocenters. The summed E-state index contributed by atoms with van der Waals surface area (Å²) < 4.78 is 9.18. The number of hydrogen-bond acceptors (Lipinski definition) is 5. The van der Waals surface area contributed by atoms with Gasteiger partial charge in [0.1, 0.15) is 34.4 Å². The number of aromatic amines is 1. The molecule has 0 atom stereocenters. The van der Waals surface area contributed by atoms with E-state index < -0.39 is 0 Å². The maximum absolute atomic E-state index is 9.71. The van der Waals surface area contributed by atoms with E-state index >= 15 is 0 Å². The summed E-state index contributed by atoms with van der Waals surface area (Å²) in [7, 11) is 3.48. The minimum Gasteiger partial charge on any atom is -0.508 e. The topological polar surface area (TPSA) is 91.9 Å². The van der Waals surface area contributed by atoms with Crippen LogP contribution in [0.15, 0.2) is 42.7 Å². The first-order valence-electron chi connectivity index (χ1n) is 8.12. The van der Waals surface area contributed by atoms with Crippen LogP contribution < -0.4 is 10.1 Å². The highest BCUT2D eigenvalue weighted by molar-refractivity contribution is 5.83. The summed E-state index contributed by atoms with van der Waals surface area (Å²) in [5, 5.41) is 12.9. The van der Waals surface area contributed by atoms with Gasteiger partial charge in [0.15, 0.2) is 0 Å². The van der Waals surface area contributed by atoms with Crippen molar-refractivity contribution in [2.24, 2.45) is 0 Å². The van der Waals surface area contributed by atoms with E-state index in [0.29, 0.717) is 11.3 Å². The minimum atomic E-state index is 0.173. The third-order valence-corrected chi connectivity index (χ3v) is 4.51. The fourth-order valence-electron chi connectivity index (χ4n) is 3.28. The molecule has 8 heteroatoms. The summed E-state index contributed by atoms with van der Waals surface area (Å²) in [6.45, 7) is 0. The van der Waals surface area contributed by atoms with Crippen molar-refractivity contribution in [2.75, 3.05) is 19.5 Å². The van der Waals surface area contributed by atoms with Crippen molar-refractivity contribution in [3.05, 3.63) is 42.7 Å².